The van der Waals surface area contributed by atoms with Crippen LogP contribution in [0.4, 0.5) is 0 Å². The fraction of sp³-hybridized carbons (Fsp3) is 0.370. The number of aliphatic hydroxyl groups excluding tert-OH is 1. The molecule has 0 bridgehead atoms. The quantitative estimate of drug-likeness (QED) is 0.575. The average Bonchev–Trinajstić information content (AvgIpc) is 2.89. The molecule has 4 heterocycles. The van der Waals surface area contributed by atoms with Crippen LogP contribution in [0.5, 0.6) is 0 Å². The van der Waals surface area contributed by atoms with E-state index in [0.29, 0.717) is 42.4 Å². The van der Waals surface area contributed by atoms with Crippen molar-refractivity contribution in [1.29, 1.82) is 0 Å². The number of halogens is 1. The molecular weight excluding hydrogens is 450 g/mol. The summed E-state index contributed by atoms with van der Waals surface area (Å²) in [5.74, 6) is 0.372. The van der Waals surface area contributed by atoms with E-state index in [0.717, 1.165) is 54.0 Å². The maximum absolute atomic E-state index is 12.9. The van der Waals surface area contributed by atoms with Gasteiger partial charge in [0.15, 0.2) is 0 Å². The fourth-order valence-electron chi connectivity index (χ4n) is 4.72. The highest BCUT2D eigenvalue weighted by Gasteiger charge is 2.23. The third kappa shape index (κ3) is 4.99. The zero-order valence-electron chi connectivity index (χ0n) is 19.0. The number of aromatic nitrogens is 2. The maximum Gasteiger partial charge on any atom is 0.253 e. The first-order valence-corrected chi connectivity index (χ1v) is 12.2. The molecule has 7 heteroatoms. The van der Waals surface area contributed by atoms with Crippen LogP contribution in [0, 0.1) is 0 Å². The molecule has 34 heavy (non-hydrogen) atoms. The Morgan fingerprint density at radius 1 is 0.971 bits per heavy atom. The Kier molecular flexibility index (Phi) is 6.90. The summed E-state index contributed by atoms with van der Waals surface area (Å²) < 4.78 is 5.49. The summed E-state index contributed by atoms with van der Waals surface area (Å²) in [6, 6.07) is 11.7. The lowest BCUT2D eigenvalue weighted by atomic mass is 9.94. The van der Waals surface area contributed by atoms with Gasteiger partial charge in [-0.15, -0.1) is 0 Å². The molecule has 2 fully saturated rings. The highest BCUT2D eigenvalue weighted by Crippen LogP contribution is 2.33. The van der Waals surface area contributed by atoms with Crippen molar-refractivity contribution < 1.29 is 14.6 Å². The fourth-order valence-corrected chi connectivity index (χ4v) is 5.01. The van der Waals surface area contributed by atoms with Crippen LogP contribution in [0.3, 0.4) is 0 Å². The van der Waals surface area contributed by atoms with Crippen LogP contribution >= 0.6 is 11.6 Å². The molecule has 6 nitrogen and oxygen atoms in total. The van der Waals surface area contributed by atoms with Crippen LogP contribution in [-0.4, -0.2) is 58.3 Å². The molecule has 0 aliphatic carbocycles. The highest BCUT2D eigenvalue weighted by molar-refractivity contribution is 6.33. The minimum atomic E-state index is -0.317. The molecule has 1 amide bonds. The molecular formula is C27H28ClN3O3. The molecule has 2 saturated heterocycles. The Morgan fingerprint density at radius 2 is 1.74 bits per heavy atom. The number of amides is 1. The number of hydrogen-bond acceptors (Lipinski definition) is 5. The predicted octanol–water partition coefficient (Wildman–Crippen LogP) is 4.95. The van der Waals surface area contributed by atoms with E-state index in [9.17, 15) is 9.90 Å². The van der Waals surface area contributed by atoms with E-state index < -0.39 is 0 Å². The Bertz CT molecular complexity index is 1170. The lowest BCUT2D eigenvalue weighted by Gasteiger charge is -2.29. The van der Waals surface area contributed by atoms with Crippen molar-refractivity contribution in [1.82, 2.24) is 14.9 Å². The van der Waals surface area contributed by atoms with Gasteiger partial charge < -0.3 is 14.7 Å². The maximum atomic E-state index is 12.9. The molecule has 0 atom stereocenters. The summed E-state index contributed by atoms with van der Waals surface area (Å²) in [7, 11) is 0. The topological polar surface area (TPSA) is 75.5 Å². The molecule has 5 rings (SSSR count). The first kappa shape index (κ1) is 23.0. The molecule has 3 aromatic rings. The SMILES string of the molecule is O=C(c1ccc(-c2cncc(-c3ccnc(C4CCOCC4)c3)c2)c(Cl)c1)N1CCC(O)CC1. The van der Waals surface area contributed by atoms with Gasteiger partial charge in [0.2, 0.25) is 0 Å². The van der Waals surface area contributed by atoms with Gasteiger partial charge in [-0.05, 0) is 61.6 Å². The monoisotopic (exact) mass is 477 g/mol. The second-order valence-corrected chi connectivity index (χ2v) is 9.44. The summed E-state index contributed by atoms with van der Waals surface area (Å²) in [5, 5.41) is 10.2. The average molecular weight is 478 g/mol. The second-order valence-electron chi connectivity index (χ2n) is 9.04. The van der Waals surface area contributed by atoms with Crippen LogP contribution < -0.4 is 0 Å². The number of likely N-dealkylation sites (tertiary alicyclic amines) is 1. The van der Waals surface area contributed by atoms with Crippen LogP contribution in [-0.2, 0) is 4.74 Å². The summed E-state index contributed by atoms with van der Waals surface area (Å²) in [5.41, 5.74) is 5.45. The minimum Gasteiger partial charge on any atom is -0.393 e. The Morgan fingerprint density at radius 3 is 2.50 bits per heavy atom. The first-order chi connectivity index (χ1) is 16.6. The van der Waals surface area contributed by atoms with Gasteiger partial charge in [0.25, 0.3) is 5.91 Å². The van der Waals surface area contributed by atoms with E-state index in [1.807, 2.05) is 30.6 Å². The Balaban J connectivity index is 1.38. The van der Waals surface area contributed by atoms with Crippen molar-refractivity contribution in [2.24, 2.45) is 0 Å². The molecule has 0 spiro atoms. The number of carbonyl (C=O) groups is 1. The Hall–Kier alpha value is -2.80. The van der Waals surface area contributed by atoms with Crippen molar-refractivity contribution in [3.63, 3.8) is 0 Å². The van der Waals surface area contributed by atoms with E-state index in [2.05, 4.69) is 22.1 Å². The van der Waals surface area contributed by atoms with E-state index >= 15 is 0 Å². The van der Waals surface area contributed by atoms with Crippen molar-refractivity contribution in [3.05, 3.63) is 71.3 Å². The highest BCUT2D eigenvalue weighted by atomic mass is 35.5. The summed E-state index contributed by atoms with van der Waals surface area (Å²) in [6.45, 7) is 2.69. The minimum absolute atomic E-state index is 0.0512. The lowest BCUT2D eigenvalue weighted by Crippen LogP contribution is -2.40. The molecule has 0 radical (unpaired) electrons. The zero-order valence-corrected chi connectivity index (χ0v) is 19.7. The molecule has 2 aromatic heterocycles. The van der Waals surface area contributed by atoms with Gasteiger partial charge >= 0.3 is 0 Å². The van der Waals surface area contributed by atoms with Gasteiger partial charge in [-0.1, -0.05) is 17.7 Å². The lowest BCUT2D eigenvalue weighted by molar-refractivity contribution is 0.0546. The number of pyridine rings is 2. The molecule has 2 aliphatic rings. The number of benzene rings is 1. The smallest absolute Gasteiger partial charge is 0.253 e. The van der Waals surface area contributed by atoms with E-state index in [1.165, 1.54) is 0 Å². The number of carbonyl (C=O) groups excluding carboxylic acids is 1. The molecule has 1 aromatic carbocycles. The van der Waals surface area contributed by atoms with E-state index in [-0.39, 0.29) is 12.0 Å². The van der Waals surface area contributed by atoms with Gasteiger partial charge in [-0.2, -0.15) is 0 Å². The number of nitrogens with zero attached hydrogens (tertiary/aromatic N) is 3. The summed E-state index contributed by atoms with van der Waals surface area (Å²) in [4.78, 5) is 23.7. The number of rotatable bonds is 4. The number of ether oxygens (including phenoxy) is 1. The normalized spacial score (nSPS) is 17.6. The number of piperidine rings is 1. The zero-order chi connectivity index (χ0) is 23.5. The van der Waals surface area contributed by atoms with Crippen LogP contribution in [0.1, 0.15) is 47.7 Å². The standard InChI is InChI=1S/C27H28ClN3O3/c28-25-14-20(27(33)31-9-4-23(32)5-10-31)1-2-24(25)22-13-21(16-29-17-22)19-3-8-30-26(15-19)18-6-11-34-12-7-18/h1-3,8,13-18,23,32H,4-7,9-12H2. The molecule has 0 saturated carbocycles. The second kappa shape index (κ2) is 10.2. The van der Waals surface area contributed by atoms with Gasteiger partial charge in [0, 0.05) is 83.8 Å². The van der Waals surface area contributed by atoms with Gasteiger partial charge in [0.1, 0.15) is 0 Å². The van der Waals surface area contributed by atoms with Crippen LogP contribution in [0.2, 0.25) is 5.02 Å². The summed E-state index contributed by atoms with van der Waals surface area (Å²) >= 11 is 6.63. The van der Waals surface area contributed by atoms with Gasteiger partial charge in [0.05, 0.1) is 6.10 Å². The Labute approximate surface area is 204 Å². The largest absolute Gasteiger partial charge is 0.393 e. The van der Waals surface area contributed by atoms with Gasteiger partial charge in [-0.25, -0.2) is 0 Å². The third-order valence-corrected chi connectivity index (χ3v) is 7.08. The number of hydrogen-bond donors (Lipinski definition) is 1. The third-order valence-electron chi connectivity index (χ3n) is 6.77. The van der Waals surface area contributed by atoms with Crippen molar-refractivity contribution >= 4 is 17.5 Å². The van der Waals surface area contributed by atoms with Crippen LogP contribution in [0.15, 0.2) is 55.0 Å². The van der Waals surface area contributed by atoms with Crippen molar-refractivity contribution in [2.45, 2.75) is 37.7 Å². The first-order valence-electron chi connectivity index (χ1n) is 11.8. The molecule has 176 valence electrons. The number of aliphatic hydroxyl groups is 1. The van der Waals surface area contributed by atoms with E-state index in [4.69, 9.17) is 16.3 Å². The van der Waals surface area contributed by atoms with E-state index in [1.54, 1.807) is 17.2 Å². The predicted molar refractivity (Wildman–Crippen MR) is 132 cm³/mol. The van der Waals surface area contributed by atoms with Crippen molar-refractivity contribution in [3.8, 4) is 22.3 Å². The van der Waals surface area contributed by atoms with Crippen molar-refractivity contribution in [2.75, 3.05) is 26.3 Å². The molecule has 0 unspecified atom stereocenters. The van der Waals surface area contributed by atoms with Crippen LogP contribution in [0.25, 0.3) is 22.3 Å². The van der Waals surface area contributed by atoms with Gasteiger partial charge in [-0.3, -0.25) is 14.8 Å². The summed E-state index contributed by atoms with van der Waals surface area (Å²) in [6.07, 6.45) is 8.40. The molecule has 2 aliphatic heterocycles. The molecule has 1 N–H and O–H groups in total.